The fourth-order valence-electron chi connectivity index (χ4n) is 4.16. The van der Waals surface area contributed by atoms with Crippen molar-refractivity contribution >= 4 is 0 Å². The highest BCUT2D eigenvalue weighted by molar-refractivity contribution is 4.91. The van der Waals surface area contributed by atoms with E-state index in [2.05, 4.69) is 31.0 Å². The molecule has 0 aliphatic carbocycles. The Kier molecular flexibility index (Phi) is 5.08. The lowest BCUT2D eigenvalue weighted by Gasteiger charge is -2.47. The Hall–Kier alpha value is -0.0800. The molecule has 3 atom stereocenters. The molecule has 1 N–H and O–H groups in total. The average Bonchev–Trinajstić information content (AvgIpc) is 2.36. The number of nitrogens with one attached hydrogen (secondary N) is 1. The summed E-state index contributed by atoms with van der Waals surface area (Å²) in [5.74, 6) is 0. The quantitative estimate of drug-likeness (QED) is 0.825. The Balaban J connectivity index is 2.02. The lowest BCUT2D eigenvalue weighted by molar-refractivity contribution is 0.0308. The molecule has 0 aromatic heterocycles. The van der Waals surface area contributed by atoms with Gasteiger partial charge in [-0.2, -0.15) is 0 Å². The number of piperidine rings is 2. The molecule has 2 saturated heterocycles. The van der Waals surface area contributed by atoms with E-state index in [1.165, 1.54) is 64.6 Å². The Bertz CT molecular complexity index is 230. The van der Waals surface area contributed by atoms with Crippen molar-refractivity contribution < 1.29 is 0 Å². The van der Waals surface area contributed by atoms with Gasteiger partial charge in [-0.25, -0.2) is 0 Å². The molecular weight excluding hydrogens is 220 g/mol. The van der Waals surface area contributed by atoms with Crippen molar-refractivity contribution in [1.82, 2.24) is 10.2 Å². The molecule has 2 aliphatic heterocycles. The zero-order valence-corrected chi connectivity index (χ0v) is 12.7. The van der Waals surface area contributed by atoms with E-state index >= 15 is 0 Å². The van der Waals surface area contributed by atoms with Gasteiger partial charge >= 0.3 is 0 Å². The zero-order valence-electron chi connectivity index (χ0n) is 12.7. The molecule has 0 aromatic rings. The van der Waals surface area contributed by atoms with Crippen LogP contribution in [-0.2, 0) is 0 Å². The molecule has 0 aromatic carbocycles. The van der Waals surface area contributed by atoms with Crippen LogP contribution in [0.1, 0.15) is 65.7 Å². The third kappa shape index (κ3) is 3.27. The van der Waals surface area contributed by atoms with Gasteiger partial charge in [0.1, 0.15) is 0 Å². The van der Waals surface area contributed by atoms with Gasteiger partial charge in [-0.3, -0.25) is 4.90 Å². The van der Waals surface area contributed by atoms with Gasteiger partial charge in [-0.1, -0.05) is 19.8 Å². The highest BCUT2D eigenvalue weighted by Crippen LogP contribution is 2.35. The van der Waals surface area contributed by atoms with Crippen LogP contribution in [0, 0.1) is 5.41 Å². The van der Waals surface area contributed by atoms with E-state index in [1.807, 2.05) is 0 Å². The minimum Gasteiger partial charge on any atom is -0.316 e. The Labute approximate surface area is 114 Å². The van der Waals surface area contributed by atoms with Crippen molar-refractivity contribution in [3.8, 4) is 0 Å². The molecule has 0 spiro atoms. The van der Waals surface area contributed by atoms with Crippen molar-refractivity contribution in [2.45, 2.75) is 77.8 Å². The first-order chi connectivity index (χ1) is 8.67. The molecular formula is C16H32N2. The van der Waals surface area contributed by atoms with E-state index in [9.17, 15) is 0 Å². The maximum Gasteiger partial charge on any atom is 0.00700 e. The van der Waals surface area contributed by atoms with Gasteiger partial charge in [0, 0.05) is 25.2 Å². The van der Waals surface area contributed by atoms with Gasteiger partial charge < -0.3 is 5.32 Å². The maximum atomic E-state index is 3.65. The summed E-state index contributed by atoms with van der Waals surface area (Å²) in [5, 5.41) is 3.65. The predicted molar refractivity (Wildman–Crippen MR) is 78.9 cm³/mol. The summed E-state index contributed by atoms with van der Waals surface area (Å²) >= 11 is 0. The van der Waals surface area contributed by atoms with E-state index in [-0.39, 0.29) is 0 Å². The summed E-state index contributed by atoms with van der Waals surface area (Å²) in [6, 6.07) is 1.59. The second-order valence-corrected chi connectivity index (χ2v) is 6.83. The third-order valence-electron chi connectivity index (χ3n) is 5.24. The van der Waals surface area contributed by atoms with Crippen molar-refractivity contribution in [3.05, 3.63) is 0 Å². The second kappa shape index (κ2) is 6.38. The molecule has 106 valence electrons. The molecule has 2 nitrogen and oxygen atoms in total. The SMILES string of the molecule is CCCC1(CN2[C@H](C)CCC[C@@H]2C)CCCNC1. The van der Waals surface area contributed by atoms with Crippen LogP contribution in [0.2, 0.25) is 0 Å². The minimum atomic E-state index is 0.562. The molecule has 2 fully saturated rings. The Morgan fingerprint density at radius 2 is 1.89 bits per heavy atom. The van der Waals surface area contributed by atoms with Gasteiger partial charge in [-0.15, -0.1) is 0 Å². The first-order valence-corrected chi connectivity index (χ1v) is 8.13. The van der Waals surface area contributed by atoms with E-state index in [0.29, 0.717) is 5.41 Å². The van der Waals surface area contributed by atoms with Gasteiger partial charge in [0.25, 0.3) is 0 Å². The molecule has 0 saturated carbocycles. The molecule has 18 heavy (non-hydrogen) atoms. The van der Waals surface area contributed by atoms with Crippen LogP contribution in [-0.4, -0.2) is 36.6 Å². The van der Waals surface area contributed by atoms with Crippen molar-refractivity contribution in [2.24, 2.45) is 5.41 Å². The first-order valence-electron chi connectivity index (χ1n) is 8.13. The van der Waals surface area contributed by atoms with Crippen LogP contribution in [0.25, 0.3) is 0 Å². The predicted octanol–water partition coefficient (Wildman–Crippen LogP) is 3.42. The largest absolute Gasteiger partial charge is 0.316 e. The van der Waals surface area contributed by atoms with E-state index < -0.39 is 0 Å². The van der Waals surface area contributed by atoms with Gasteiger partial charge in [0.2, 0.25) is 0 Å². The molecule has 0 bridgehead atoms. The second-order valence-electron chi connectivity index (χ2n) is 6.83. The highest BCUT2D eigenvalue weighted by Gasteiger charge is 2.36. The van der Waals surface area contributed by atoms with Crippen LogP contribution in [0.3, 0.4) is 0 Å². The van der Waals surface area contributed by atoms with E-state index in [4.69, 9.17) is 0 Å². The topological polar surface area (TPSA) is 15.3 Å². The molecule has 2 aliphatic rings. The normalized spacial score (nSPS) is 38.8. The third-order valence-corrected chi connectivity index (χ3v) is 5.24. The fraction of sp³-hybridized carbons (Fsp3) is 1.00. The molecule has 0 amide bonds. The minimum absolute atomic E-state index is 0.562. The fourth-order valence-corrected chi connectivity index (χ4v) is 4.16. The van der Waals surface area contributed by atoms with Crippen LogP contribution >= 0.6 is 0 Å². The van der Waals surface area contributed by atoms with Gasteiger partial charge in [-0.05, 0) is 57.9 Å². The Morgan fingerprint density at radius 1 is 1.17 bits per heavy atom. The smallest absolute Gasteiger partial charge is 0.00700 e. The van der Waals surface area contributed by atoms with E-state index in [0.717, 1.165) is 12.1 Å². The number of nitrogens with zero attached hydrogens (tertiary/aromatic N) is 1. The highest BCUT2D eigenvalue weighted by atomic mass is 15.2. The van der Waals surface area contributed by atoms with Gasteiger partial charge in [0.15, 0.2) is 0 Å². The van der Waals surface area contributed by atoms with Crippen molar-refractivity contribution in [3.63, 3.8) is 0 Å². The number of rotatable bonds is 4. The van der Waals surface area contributed by atoms with Crippen molar-refractivity contribution in [2.75, 3.05) is 19.6 Å². The van der Waals surface area contributed by atoms with Crippen LogP contribution in [0.15, 0.2) is 0 Å². The number of likely N-dealkylation sites (tertiary alicyclic amines) is 1. The van der Waals surface area contributed by atoms with Crippen molar-refractivity contribution in [1.29, 1.82) is 0 Å². The molecule has 0 radical (unpaired) electrons. The summed E-state index contributed by atoms with van der Waals surface area (Å²) in [6.07, 6.45) is 9.77. The standard InChI is InChI=1S/C16H32N2/c1-4-9-16(10-6-11-17-12-16)13-18-14(2)7-5-8-15(18)3/h14-15,17H,4-13H2,1-3H3/t14-,15+,16?. The van der Waals surface area contributed by atoms with Crippen LogP contribution < -0.4 is 5.32 Å². The van der Waals surface area contributed by atoms with Gasteiger partial charge in [0.05, 0.1) is 0 Å². The molecule has 2 heteroatoms. The lowest BCUT2D eigenvalue weighted by Crippen LogP contribution is -2.53. The van der Waals surface area contributed by atoms with Crippen LogP contribution in [0.5, 0.6) is 0 Å². The number of hydrogen-bond donors (Lipinski definition) is 1. The number of hydrogen-bond acceptors (Lipinski definition) is 2. The molecule has 2 heterocycles. The molecule has 1 unspecified atom stereocenters. The molecule has 2 rings (SSSR count). The summed E-state index contributed by atoms with van der Waals surface area (Å²) in [4.78, 5) is 2.81. The van der Waals surface area contributed by atoms with Crippen LogP contribution in [0.4, 0.5) is 0 Å². The average molecular weight is 252 g/mol. The maximum absolute atomic E-state index is 3.65. The monoisotopic (exact) mass is 252 g/mol. The summed E-state index contributed by atoms with van der Waals surface area (Å²) in [5.41, 5.74) is 0.562. The summed E-state index contributed by atoms with van der Waals surface area (Å²) in [7, 11) is 0. The summed E-state index contributed by atoms with van der Waals surface area (Å²) < 4.78 is 0. The van der Waals surface area contributed by atoms with E-state index in [1.54, 1.807) is 0 Å². The lowest BCUT2D eigenvalue weighted by atomic mass is 9.75. The Morgan fingerprint density at radius 3 is 2.44 bits per heavy atom. The zero-order chi connectivity index (χ0) is 13.0. The summed E-state index contributed by atoms with van der Waals surface area (Å²) in [6.45, 7) is 11.0. The first kappa shape index (κ1) is 14.3.